The van der Waals surface area contributed by atoms with Gasteiger partial charge >= 0.3 is 0 Å². The molecule has 0 fully saturated rings. The van der Waals surface area contributed by atoms with Gasteiger partial charge in [-0.15, -0.1) is 0 Å². The molecule has 1 aromatic heterocycles. The predicted molar refractivity (Wildman–Crippen MR) is 81.4 cm³/mol. The Kier molecular flexibility index (Phi) is 4.14. The Bertz CT molecular complexity index is 643. The molecule has 102 valence electrons. The van der Waals surface area contributed by atoms with E-state index in [0.29, 0.717) is 12.2 Å². The van der Waals surface area contributed by atoms with Crippen LogP contribution in [0.3, 0.4) is 0 Å². The van der Waals surface area contributed by atoms with Crippen molar-refractivity contribution in [3.63, 3.8) is 0 Å². The highest BCUT2D eigenvalue weighted by molar-refractivity contribution is 9.10. The Morgan fingerprint density at radius 2 is 2.00 bits per heavy atom. The molecule has 0 bridgehead atoms. The summed E-state index contributed by atoms with van der Waals surface area (Å²) in [6, 6.07) is 7.96. The molecule has 0 aliphatic carbocycles. The van der Waals surface area contributed by atoms with Gasteiger partial charge in [0, 0.05) is 11.0 Å². The van der Waals surface area contributed by atoms with Crippen molar-refractivity contribution in [1.82, 2.24) is 9.36 Å². The number of hydrogen-bond donors (Lipinski definition) is 1. The molecule has 0 radical (unpaired) electrons. The largest absolute Gasteiger partial charge is 0.393 e. The molecular formula is C14H18BrN3O. The van der Waals surface area contributed by atoms with Gasteiger partial charge in [0.1, 0.15) is 5.69 Å². The smallest absolute Gasteiger partial charge is 0.290 e. The maximum atomic E-state index is 12.2. The summed E-state index contributed by atoms with van der Waals surface area (Å²) in [6.45, 7) is 5.32. The lowest BCUT2D eigenvalue weighted by molar-refractivity contribution is 0.474. The number of nitrogen functional groups attached to an aromatic ring is 1. The van der Waals surface area contributed by atoms with Crippen molar-refractivity contribution in [1.29, 1.82) is 0 Å². The van der Waals surface area contributed by atoms with Crippen molar-refractivity contribution in [2.75, 3.05) is 5.73 Å². The Balaban J connectivity index is 2.48. The van der Waals surface area contributed by atoms with Crippen LogP contribution in [0.1, 0.15) is 25.1 Å². The van der Waals surface area contributed by atoms with E-state index in [0.717, 1.165) is 28.7 Å². The molecule has 5 heteroatoms. The number of aromatic nitrogens is 2. The minimum absolute atomic E-state index is 0.0984. The number of nitrogens with zero attached hydrogens (tertiary/aromatic N) is 2. The molecule has 1 heterocycles. The van der Waals surface area contributed by atoms with Gasteiger partial charge in [0.15, 0.2) is 0 Å². The molecule has 2 N–H and O–H groups in total. The summed E-state index contributed by atoms with van der Waals surface area (Å²) in [6.07, 6.45) is 0.764. The highest BCUT2D eigenvalue weighted by Crippen LogP contribution is 2.14. The lowest BCUT2D eigenvalue weighted by Gasteiger charge is -2.12. The lowest BCUT2D eigenvalue weighted by atomic mass is 10.2. The van der Waals surface area contributed by atoms with Gasteiger partial charge in [0.05, 0.1) is 12.2 Å². The topological polar surface area (TPSA) is 53.0 Å². The Morgan fingerprint density at radius 3 is 2.58 bits per heavy atom. The third kappa shape index (κ3) is 2.61. The van der Waals surface area contributed by atoms with Crippen molar-refractivity contribution in [3.05, 3.63) is 50.3 Å². The molecule has 2 rings (SSSR count). The third-order valence-corrected chi connectivity index (χ3v) is 3.73. The zero-order valence-electron chi connectivity index (χ0n) is 11.2. The Labute approximate surface area is 120 Å². The van der Waals surface area contributed by atoms with Crippen LogP contribution in [0.5, 0.6) is 0 Å². The molecule has 4 nitrogen and oxygen atoms in total. The van der Waals surface area contributed by atoms with Crippen molar-refractivity contribution in [2.24, 2.45) is 0 Å². The number of rotatable bonds is 4. The van der Waals surface area contributed by atoms with Gasteiger partial charge in [-0.2, -0.15) is 0 Å². The molecule has 1 aromatic carbocycles. The van der Waals surface area contributed by atoms with Crippen LogP contribution in [0.25, 0.3) is 0 Å². The maximum Gasteiger partial charge on any atom is 0.290 e. The molecule has 0 amide bonds. The molecule has 0 unspecified atom stereocenters. The average molecular weight is 324 g/mol. The average Bonchev–Trinajstić information content (AvgIpc) is 2.62. The molecule has 19 heavy (non-hydrogen) atoms. The van der Waals surface area contributed by atoms with Crippen LogP contribution in [-0.4, -0.2) is 9.36 Å². The zero-order valence-corrected chi connectivity index (χ0v) is 12.8. The van der Waals surface area contributed by atoms with E-state index in [2.05, 4.69) is 15.9 Å². The summed E-state index contributed by atoms with van der Waals surface area (Å²) in [7, 11) is 0. The minimum Gasteiger partial charge on any atom is -0.393 e. The summed E-state index contributed by atoms with van der Waals surface area (Å²) in [5.41, 5.74) is 8.18. The van der Waals surface area contributed by atoms with E-state index in [9.17, 15) is 4.79 Å². The quantitative estimate of drug-likeness (QED) is 0.940. The molecule has 0 spiro atoms. The van der Waals surface area contributed by atoms with E-state index in [1.807, 2.05) is 42.8 Å². The molecule has 0 atom stereocenters. The van der Waals surface area contributed by atoms with Gasteiger partial charge in [0.2, 0.25) is 0 Å². The monoisotopic (exact) mass is 323 g/mol. The number of anilines is 1. The van der Waals surface area contributed by atoms with Crippen LogP contribution in [0.15, 0.2) is 33.5 Å². The standard InChI is InChI=1S/C14H18BrN3O/c1-3-12-13(16)14(19)18(17(12)4-2)9-10-6-5-7-11(15)8-10/h5-8H,3-4,9,16H2,1-2H3. The Morgan fingerprint density at radius 1 is 1.26 bits per heavy atom. The maximum absolute atomic E-state index is 12.2. The van der Waals surface area contributed by atoms with Gasteiger partial charge in [-0.05, 0) is 31.0 Å². The van der Waals surface area contributed by atoms with Crippen LogP contribution in [0.2, 0.25) is 0 Å². The van der Waals surface area contributed by atoms with Crippen LogP contribution in [-0.2, 0) is 19.5 Å². The van der Waals surface area contributed by atoms with Gasteiger partial charge in [-0.1, -0.05) is 35.0 Å². The first-order valence-electron chi connectivity index (χ1n) is 6.40. The number of hydrogen-bond acceptors (Lipinski definition) is 2. The van der Waals surface area contributed by atoms with Crippen LogP contribution in [0.4, 0.5) is 5.69 Å². The van der Waals surface area contributed by atoms with E-state index in [4.69, 9.17) is 5.73 Å². The summed E-state index contributed by atoms with van der Waals surface area (Å²) in [4.78, 5) is 12.2. The fourth-order valence-electron chi connectivity index (χ4n) is 2.36. The first kappa shape index (κ1) is 13.9. The lowest BCUT2D eigenvalue weighted by Crippen LogP contribution is -2.24. The minimum atomic E-state index is -0.0984. The second kappa shape index (κ2) is 5.65. The fraction of sp³-hybridized carbons (Fsp3) is 0.357. The van der Waals surface area contributed by atoms with Crippen LogP contribution >= 0.6 is 15.9 Å². The second-order valence-corrected chi connectivity index (χ2v) is 5.34. The molecule has 0 aliphatic rings. The van der Waals surface area contributed by atoms with E-state index in [1.165, 1.54) is 0 Å². The van der Waals surface area contributed by atoms with Gasteiger partial charge < -0.3 is 5.73 Å². The fourth-order valence-corrected chi connectivity index (χ4v) is 2.80. The molecule has 0 saturated carbocycles. The molecule has 0 saturated heterocycles. The van der Waals surface area contributed by atoms with Crippen molar-refractivity contribution >= 4 is 21.6 Å². The number of nitrogens with two attached hydrogens (primary N) is 1. The van der Waals surface area contributed by atoms with Crippen LogP contribution < -0.4 is 11.3 Å². The van der Waals surface area contributed by atoms with Crippen LogP contribution in [0, 0.1) is 0 Å². The Hall–Kier alpha value is -1.49. The predicted octanol–water partition coefficient (Wildman–Crippen LogP) is 2.63. The highest BCUT2D eigenvalue weighted by Gasteiger charge is 2.15. The first-order valence-corrected chi connectivity index (χ1v) is 7.20. The molecule has 0 aliphatic heterocycles. The van der Waals surface area contributed by atoms with E-state index in [-0.39, 0.29) is 5.56 Å². The molecular weight excluding hydrogens is 306 g/mol. The summed E-state index contributed by atoms with van der Waals surface area (Å²) in [5, 5.41) is 0. The summed E-state index contributed by atoms with van der Waals surface area (Å²) < 4.78 is 4.70. The normalized spacial score (nSPS) is 10.9. The van der Waals surface area contributed by atoms with E-state index < -0.39 is 0 Å². The SMILES string of the molecule is CCc1c(N)c(=O)n(Cc2cccc(Br)c2)n1CC. The third-order valence-electron chi connectivity index (χ3n) is 3.23. The number of benzene rings is 1. The zero-order chi connectivity index (χ0) is 14.0. The number of halogens is 1. The van der Waals surface area contributed by atoms with E-state index in [1.54, 1.807) is 4.68 Å². The molecule has 2 aromatic rings. The van der Waals surface area contributed by atoms with Crippen molar-refractivity contribution in [3.8, 4) is 0 Å². The van der Waals surface area contributed by atoms with E-state index >= 15 is 0 Å². The first-order chi connectivity index (χ1) is 9.08. The summed E-state index contributed by atoms with van der Waals surface area (Å²) >= 11 is 3.44. The highest BCUT2D eigenvalue weighted by atomic mass is 79.9. The van der Waals surface area contributed by atoms with Gasteiger partial charge in [-0.25, -0.2) is 4.68 Å². The van der Waals surface area contributed by atoms with Crippen molar-refractivity contribution < 1.29 is 0 Å². The summed E-state index contributed by atoms with van der Waals surface area (Å²) in [5.74, 6) is 0. The van der Waals surface area contributed by atoms with Gasteiger partial charge in [-0.3, -0.25) is 9.48 Å². The second-order valence-electron chi connectivity index (χ2n) is 4.42. The van der Waals surface area contributed by atoms with Crippen molar-refractivity contribution in [2.45, 2.75) is 33.4 Å². The van der Waals surface area contributed by atoms with Gasteiger partial charge in [0.25, 0.3) is 5.56 Å².